The number of nitrogens with zero attached hydrogens (tertiary/aromatic N) is 1. The van der Waals surface area contributed by atoms with E-state index in [1.54, 1.807) is 6.20 Å². The fourth-order valence-electron chi connectivity index (χ4n) is 3.28. The molecule has 1 amide bonds. The fraction of sp³-hybridized carbons (Fsp3) is 0.565. The maximum Gasteiger partial charge on any atom is 0.256 e. The lowest BCUT2D eigenvalue weighted by molar-refractivity contribution is -0.141. The molecule has 0 saturated heterocycles. The highest BCUT2D eigenvalue weighted by atomic mass is 16.5. The molecule has 0 unspecified atom stereocenters. The van der Waals surface area contributed by atoms with E-state index < -0.39 is 5.60 Å². The number of amides is 1. The standard InChI is InChI=1S/C23H34N2O3/c1-6-8-15-27-20-12-11-19(18-10-9-13-24-21(18)20)25-22(26)23(5,16-17(3)4)28-14-7-2/h9-13,17H,6-8,14-16H2,1-5H3,(H,25,26)/t23-/m1/s1. The van der Waals surface area contributed by atoms with Crippen LogP contribution in [-0.2, 0) is 9.53 Å². The molecule has 5 nitrogen and oxygen atoms in total. The molecule has 1 heterocycles. The molecular weight excluding hydrogens is 352 g/mol. The first kappa shape index (κ1) is 22.2. The molecule has 1 atom stereocenters. The first-order valence-electron chi connectivity index (χ1n) is 10.4. The van der Waals surface area contributed by atoms with E-state index in [2.05, 4.69) is 31.1 Å². The van der Waals surface area contributed by atoms with Crippen LogP contribution >= 0.6 is 0 Å². The van der Waals surface area contributed by atoms with Gasteiger partial charge in [-0.25, -0.2) is 0 Å². The molecule has 1 N–H and O–H groups in total. The first-order chi connectivity index (χ1) is 13.4. The summed E-state index contributed by atoms with van der Waals surface area (Å²) in [7, 11) is 0. The number of benzene rings is 1. The Kier molecular flexibility index (Phi) is 8.24. The quantitative estimate of drug-likeness (QED) is 0.512. The van der Waals surface area contributed by atoms with Crippen molar-refractivity contribution >= 4 is 22.5 Å². The third-order valence-electron chi connectivity index (χ3n) is 4.64. The molecule has 1 aromatic carbocycles. The molecule has 0 saturated carbocycles. The molecular formula is C23H34N2O3. The molecule has 154 valence electrons. The predicted molar refractivity (Wildman–Crippen MR) is 115 cm³/mol. The molecule has 0 bridgehead atoms. The van der Waals surface area contributed by atoms with Crippen molar-refractivity contribution in [2.45, 2.75) is 65.9 Å². The molecule has 2 aromatic rings. The van der Waals surface area contributed by atoms with Crippen LogP contribution in [0.1, 0.15) is 60.3 Å². The topological polar surface area (TPSA) is 60.5 Å². The van der Waals surface area contributed by atoms with Crippen LogP contribution in [0, 0.1) is 5.92 Å². The number of nitrogens with one attached hydrogen (secondary N) is 1. The smallest absolute Gasteiger partial charge is 0.256 e. The monoisotopic (exact) mass is 386 g/mol. The highest BCUT2D eigenvalue weighted by Gasteiger charge is 2.35. The van der Waals surface area contributed by atoms with Gasteiger partial charge in [0.25, 0.3) is 5.91 Å². The summed E-state index contributed by atoms with van der Waals surface area (Å²) in [6.07, 6.45) is 5.35. The van der Waals surface area contributed by atoms with Gasteiger partial charge in [-0.3, -0.25) is 9.78 Å². The zero-order valence-electron chi connectivity index (χ0n) is 17.9. The summed E-state index contributed by atoms with van der Waals surface area (Å²) in [5, 5.41) is 3.94. The Morgan fingerprint density at radius 1 is 1.18 bits per heavy atom. The number of carbonyl (C=O) groups is 1. The number of aromatic nitrogens is 1. The average molecular weight is 387 g/mol. The van der Waals surface area contributed by atoms with E-state index in [0.29, 0.717) is 25.6 Å². The summed E-state index contributed by atoms with van der Waals surface area (Å²) in [6, 6.07) is 7.60. The molecule has 0 aliphatic carbocycles. The number of pyridine rings is 1. The van der Waals surface area contributed by atoms with Crippen LogP contribution in [0.2, 0.25) is 0 Å². The third kappa shape index (κ3) is 5.68. The molecule has 0 aliphatic heterocycles. The first-order valence-corrected chi connectivity index (χ1v) is 10.4. The van der Waals surface area contributed by atoms with Crippen LogP contribution in [0.3, 0.4) is 0 Å². The second-order valence-electron chi connectivity index (χ2n) is 7.84. The van der Waals surface area contributed by atoms with Crippen LogP contribution in [0.4, 0.5) is 5.69 Å². The number of rotatable bonds is 11. The Bertz CT molecular complexity index is 776. The van der Waals surface area contributed by atoms with Crippen LogP contribution in [0.5, 0.6) is 5.75 Å². The largest absolute Gasteiger partial charge is 0.491 e. The molecule has 0 spiro atoms. The van der Waals surface area contributed by atoms with Crippen LogP contribution < -0.4 is 10.1 Å². The molecule has 0 radical (unpaired) electrons. The Morgan fingerprint density at radius 3 is 2.64 bits per heavy atom. The van der Waals surface area contributed by atoms with Gasteiger partial charge in [0.05, 0.1) is 12.3 Å². The Hall–Kier alpha value is -2.14. The van der Waals surface area contributed by atoms with Gasteiger partial charge < -0.3 is 14.8 Å². The zero-order chi connectivity index (χ0) is 20.6. The summed E-state index contributed by atoms with van der Waals surface area (Å²) in [5.41, 5.74) is 0.622. The lowest BCUT2D eigenvalue weighted by atomic mass is 9.92. The number of carbonyl (C=O) groups excluding carboxylic acids is 1. The summed E-state index contributed by atoms with van der Waals surface area (Å²) in [6.45, 7) is 11.5. The summed E-state index contributed by atoms with van der Waals surface area (Å²) in [5.74, 6) is 0.967. The van der Waals surface area contributed by atoms with Gasteiger partial charge in [-0.15, -0.1) is 0 Å². The average Bonchev–Trinajstić information content (AvgIpc) is 2.67. The van der Waals surface area contributed by atoms with Gasteiger partial charge in [0.15, 0.2) is 0 Å². The maximum absolute atomic E-state index is 13.1. The van der Waals surface area contributed by atoms with Gasteiger partial charge in [0.2, 0.25) is 0 Å². The van der Waals surface area contributed by atoms with Gasteiger partial charge >= 0.3 is 0 Å². The molecule has 28 heavy (non-hydrogen) atoms. The minimum atomic E-state index is -0.866. The van der Waals surface area contributed by atoms with Gasteiger partial charge in [-0.1, -0.05) is 34.1 Å². The SMILES string of the molecule is CCCCOc1ccc(NC(=O)[C@@](C)(CC(C)C)OCCC)c2cccnc12. The number of hydrogen-bond donors (Lipinski definition) is 1. The third-order valence-corrected chi connectivity index (χ3v) is 4.64. The Labute approximate surface area is 168 Å². The number of ether oxygens (including phenoxy) is 2. The minimum absolute atomic E-state index is 0.126. The minimum Gasteiger partial charge on any atom is -0.491 e. The van der Waals surface area contributed by atoms with Crippen LogP contribution in [0.15, 0.2) is 30.5 Å². The van der Waals surface area contributed by atoms with Crippen molar-refractivity contribution in [2.75, 3.05) is 18.5 Å². The van der Waals surface area contributed by atoms with E-state index >= 15 is 0 Å². The zero-order valence-corrected chi connectivity index (χ0v) is 17.9. The highest BCUT2D eigenvalue weighted by molar-refractivity contribution is 6.05. The second kappa shape index (κ2) is 10.4. The van der Waals surface area contributed by atoms with Crippen LogP contribution in [-0.4, -0.2) is 29.7 Å². The molecule has 2 rings (SSSR count). The normalized spacial score (nSPS) is 13.5. The summed E-state index contributed by atoms with van der Waals surface area (Å²) < 4.78 is 11.9. The van der Waals surface area contributed by atoms with E-state index in [0.717, 1.165) is 41.6 Å². The van der Waals surface area contributed by atoms with Crippen molar-refractivity contribution in [2.24, 2.45) is 5.92 Å². The Morgan fingerprint density at radius 2 is 1.96 bits per heavy atom. The molecule has 5 heteroatoms. The second-order valence-corrected chi connectivity index (χ2v) is 7.84. The van der Waals surface area contributed by atoms with Crippen molar-refractivity contribution < 1.29 is 14.3 Å². The highest BCUT2D eigenvalue weighted by Crippen LogP contribution is 2.32. The number of unbranched alkanes of at least 4 members (excludes halogenated alkanes) is 1. The van der Waals surface area contributed by atoms with Crippen molar-refractivity contribution in [1.82, 2.24) is 4.98 Å². The Balaban J connectivity index is 2.29. The van der Waals surface area contributed by atoms with Crippen molar-refractivity contribution in [1.29, 1.82) is 0 Å². The van der Waals surface area contributed by atoms with E-state index in [1.807, 2.05) is 38.1 Å². The predicted octanol–water partition coefficient (Wildman–Crippen LogP) is 5.58. The number of anilines is 1. The molecule has 1 aromatic heterocycles. The summed E-state index contributed by atoms with van der Waals surface area (Å²) in [4.78, 5) is 17.6. The van der Waals surface area contributed by atoms with Crippen molar-refractivity contribution in [3.05, 3.63) is 30.5 Å². The van der Waals surface area contributed by atoms with Gasteiger partial charge in [-0.2, -0.15) is 0 Å². The van der Waals surface area contributed by atoms with Gasteiger partial charge in [0.1, 0.15) is 16.9 Å². The molecule has 0 aliphatic rings. The van der Waals surface area contributed by atoms with E-state index in [4.69, 9.17) is 9.47 Å². The van der Waals surface area contributed by atoms with E-state index in [9.17, 15) is 4.79 Å². The van der Waals surface area contributed by atoms with E-state index in [-0.39, 0.29) is 5.91 Å². The lowest BCUT2D eigenvalue weighted by Crippen LogP contribution is -2.44. The fourth-order valence-corrected chi connectivity index (χ4v) is 3.28. The van der Waals surface area contributed by atoms with Gasteiger partial charge in [-0.05, 0) is 56.4 Å². The van der Waals surface area contributed by atoms with Crippen molar-refractivity contribution in [3.63, 3.8) is 0 Å². The van der Waals surface area contributed by atoms with Crippen LogP contribution in [0.25, 0.3) is 10.9 Å². The lowest BCUT2D eigenvalue weighted by Gasteiger charge is -2.30. The number of hydrogen-bond acceptors (Lipinski definition) is 4. The van der Waals surface area contributed by atoms with Crippen molar-refractivity contribution in [3.8, 4) is 5.75 Å². The maximum atomic E-state index is 13.1. The van der Waals surface area contributed by atoms with Gasteiger partial charge in [0, 0.05) is 18.2 Å². The number of fused-ring (bicyclic) bond motifs is 1. The van der Waals surface area contributed by atoms with E-state index in [1.165, 1.54) is 0 Å². The summed E-state index contributed by atoms with van der Waals surface area (Å²) >= 11 is 0. The molecule has 0 fully saturated rings.